The lowest BCUT2D eigenvalue weighted by Crippen LogP contribution is -2.33. The fourth-order valence-electron chi connectivity index (χ4n) is 2.29. The van der Waals surface area contributed by atoms with Crippen LogP contribution in [0.4, 0.5) is 5.69 Å². The molecule has 114 valence electrons. The third-order valence-electron chi connectivity index (χ3n) is 3.37. The quantitative estimate of drug-likeness (QED) is 0.789. The van der Waals surface area contributed by atoms with E-state index in [1.54, 1.807) is 24.3 Å². The third kappa shape index (κ3) is 5.36. The van der Waals surface area contributed by atoms with Crippen molar-refractivity contribution in [2.24, 2.45) is 0 Å². The van der Waals surface area contributed by atoms with Gasteiger partial charge in [0.05, 0.1) is 6.54 Å². The highest BCUT2D eigenvalue weighted by Gasteiger charge is 2.16. The van der Waals surface area contributed by atoms with Gasteiger partial charge in [-0.1, -0.05) is 17.7 Å². The topological polar surface area (TPSA) is 61.4 Å². The standard InChI is InChI=1S/C15H20ClN3O2/c16-12-4-3-5-13(10-12)18-14(20)11-17-7-6-15(21)19-8-1-2-9-19/h3-5,10,17H,1-2,6-9,11H2,(H,18,20). The number of halogens is 1. The average Bonchev–Trinajstić information content (AvgIpc) is 2.97. The molecular weight excluding hydrogens is 290 g/mol. The number of anilines is 1. The summed E-state index contributed by atoms with van der Waals surface area (Å²) in [7, 11) is 0. The zero-order chi connectivity index (χ0) is 15.1. The second-order valence-electron chi connectivity index (χ2n) is 5.07. The van der Waals surface area contributed by atoms with E-state index in [1.165, 1.54) is 0 Å². The number of nitrogens with zero attached hydrogens (tertiary/aromatic N) is 1. The molecule has 0 bridgehead atoms. The summed E-state index contributed by atoms with van der Waals surface area (Å²) < 4.78 is 0. The van der Waals surface area contributed by atoms with E-state index in [2.05, 4.69) is 10.6 Å². The SMILES string of the molecule is O=C(CNCCC(=O)N1CCCC1)Nc1cccc(Cl)c1. The Bertz CT molecular complexity index is 501. The van der Waals surface area contributed by atoms with Crippen LogP contribution < -0.4 is 10.6 Å². The molecule has 2 amide bonds. The van der Waals surface area contributed by atoms with Crippen molar-refractivity contribution in [3.05, 3.63) is 29.3 Å². The van der Waals surface area contributed by atoms with E-state index >= 15 is 0 Å². The van der Waals surface area contributed by atoms with Crippen LogP contribution in [0.1, 0.15) is 19.3 Å². The van der Waals surface area contributed by atoms with E-state index in [1.807, 2.05) is 4.90 Å². The van der Waals surface area contributed by atoms with Crippen molar-refractivity contribution in [1.29, 1.82) is 0 Å². The lowest BCUT2D eigenvalue weighted by molar-refractivity contribution is -0.130. The summed E-state index contributed by atoms with van der Waals surface area (Å²) in [6, 6.07) is 7.00. The second kappa shape index (κ2) is 8.00. The maximum absolute atomic E-state index is 11.8. The van der Waals surface area contributed by atoms with Gasteiger partial charge in [-0.25, -0.2) is 0 Å². The predicted molar refractivity (Wildman–Crippen MR) is 83.4 cm³/mol. The summed E-state index contributed by atoms with van der Waals surface area (Å²) in [5.74, 6) is 0.0149. The third-order valence-corrected chi connectivity index (χ3v) is 3.60. The number of nitrogens with one attached hydrogen (secondary N) is 2. The molecule has 5 nitrogen and oxygen atoms in total. The molecule has 2 rings (SSSR count). The number of hydrogen-bond donors (Lipinski definition) is 2. The van der Waals surface area contributed by atoms with Crippen molar-refractivity contribution in [3.63, 3.8) is 0 Å². The first kappa shape index (κ1) is 15.8. The Balaban J connectivity index is 1.62. The van der Waals surface area contributed by atoms with Gasteiger partial charge in [-0.3, -0.25) is 9.59 Å². The fraction of sp³-hybridized carbons (Fsp3) is 0.467. The van der Waals surface area contributed by atoms with Gasteiger partial charge < -0.3 is 15.5 Å². The van der Waals surface area contributed by atoms with Gasteiger partial charge >= 0.3 is 0 Å². The molecule has 2 N–H and O–H groups in total. The van der Waals surface area contributed by atoms with Gasteiger partial charge in [0.2, 0.25) is 11.8 Å². The van der Waals surface area contributed by atoms with Crippen molar-refractivity contribution in [2.45, 2.75) is 19.3 Å². The first-order chi connectivity index (χ1) is 10.1. The zero-order valence-corrected chi connectivity index (χ0v) is 12.7. The van der Waals surface area contributed by atoms with Crippen molar-refractivity contribution in [1.82, 2.24) is 10.2 Å². The van der Waals surface area contributed by atoms with Crippen molar-refractivity contribution < 1.29 is 9.59 Å². The molecule has 1 aromatic carbocycles. The zero-order valence-electron chi connectivity index (χ0n) is 11.9. The number of hydrogen-bond acceptors (Lipinski definition) is 3. The minimum absolute atomic E-state index is 0.147. The van der Waals surface area contributed by atoms with Gasteiger partial charge in [0.15, 0.2) is 0 Å². The monoisotopic (exact) mass is 309 g/mol. The molecule has 6 heteroatoms. The Hall–Kier alpha value is -1.59. The first-order valence-electron chi connectivity index (χ1n) is 7.19. The summed E-state index contributed by atoms with van der Waals surface area (Å²) >= 11 is 5.84. The number of likely N-dealkylation sites (tertiary alicyclic amines) is 1. The smallest absolute Gasteiger partial charge is 0.238 e. The maximum Gasteiger partial charge on any atom is 0.238 e. The van der Waals surface area contributed by atoms with Crippen molar-refractivity contribution in [2.75, 3.05) is 31.5 Å². The lowest BCUT2D eigenvalue weighted by Gasteiger charge is -2.15. The summed E-state index contributed by atoms with van der Waals surface area (Å²) in [5, 5.41) is 6.31. The highest BCUT2D eigenvalue weighted by Crippen LogP contribution is 2.14. The summed E-state index contributed by atoms with van der Waals surface area (Å²) in [4.78, 5) is 25.4. The van der Waals surface area contributed by atoms with Crippen LogP contribution in [0.3, 0.4) is 0 Å². The van der Waals surface area contributed by atoms with Gasteiger partial charge in [-0.05, 0) is 31.0 Å². The largest absolute Gasteiger partial charge is 0.343 e. The number of carbonyl (C=O) groups excluding carboxylic acids is 2. The van der Waals surface area contributed by atoms with Crippen LogP contribution in [-0.4, -0.2) is 42.9 Å². The van der Waals surface area contributed by atoms with Crippen LogP contribution in [0.5, 0.6) is 0 Å². The van der Waals surface area contributed by atoms with E-state index < -0.39 is 0 Å². The van der Waals surface area contributed by atoms with Gasteiger partial charge in [0.25, 0.3) is 0 Å². The number of rotatable bonds is 6. The fourth-order valence-corrected chi connectivity index (χ4v) is 2.48. The van der Waals surface area contributed by atoms with Crippen molar-refractivity contribution >= 4 is 29.1 Å². The molecule has 1 aliphatic rings. The van der Waals surface area contributed by atoms with Crippen LogP contribution in [0, 0.1) is 0 Å². The van der Waals surface area contributed by atoms with E-state index in [-0.39, 0.29) is 18.4 Å². The number of amides is 2. The normalized spacial score (nSPS) is 14.2. The molecule has 1 saturated heterocycles. The van der Waals surface area contributed by atoms with E-state index in [0.717, 1.165) is 25.9 Å². The van der Waals surface area contributed by atoms with Gasteiger partial charge in [-0.2, -0.15) is 0 Å². The van der Waals surface area contributed by atoms with Gasteiger partial charge in [0, 0.05) is 36.8 Å². The van der Waals surface area contributed by atoms with E-state index in [0.29, 0.717) is 23.7 Å². The highest BCUT2D eigenvalue weighted by molar-refractivity contribution is 6.30. The van der Waals surface area contributed by atoms with E-state index in [9.17, 15) is 9.59 Å². The average molecular weight is 310 g/mol. The van der Waals surface area contributed by atoms with Crippen LogP contribution in [0.2, 0.25) is 5.02 Å². The maximum atomic E-state index is 11.8. The first-order valence-corrected chi connectivity index (χ1v) is 7.57. The molecule has 0 aliphatic carbocycles. The summed E-state index contributed by atoms with van der Waals surface area (Å²) in [5.41, 5.74) is 0.669. The Labute approximate surface area is 129 Å². The number of benzene rings is 1. The molecule has 0 spiro atoms. The lowest BCUT2D eigenvalue weighted by atomic mass is 10.3. The molecule has 0 saturated carbocycles. The van der Waals surface area contributed by atoms with Crippen LogP contribution in [0.25, 0.3) is 0 Å². The van der Waals surface area contributed by atoms with Crippen LogP contribution in [0.15, 0.2) is 24.3 Å². The Morgan fingerprint density at radius 1 is 1.24 bits per heavy atom. The molecule has 0 aromatic heterocycles. The minimum atomic E-state index is -0.147. The molecule has 0 unspecified atom stereocenters. The highest BCUT2D eigenvalue weighted by atomic mass is 35.5. The Morgan fingerprint density at radius 3 is 2.71 bits per heavy atom. The van der Waals surface area contributed by atoms with E-state index in [4.69, 9.17) is 11.6 Å². The van der Waals surface area contributed by atoms with Crippen molar-refractivity contribution in [3.8, 4) is 0 Å². The molecule has 1 aromatic rings. The molecule has 0 atom stereocenters. The molecule has 1 fully saturated rings. The molecule has 21 heavy (non-hydrogen) atoms. The number of carbonyl (C=O) groups is 2. The van der Waals surface area contributed by atoms with Crippen LogP contribution >= 0.6 is 11.6 Å². The molecule has 1 aliphatic heterocycles. The molecular formula is C15H20ClN3O2. The summed E-state index contributed by atoms with van der Waals surface area (Å²) in [6.45, 7) is 2.43. The Kier molecular flexibility index (Phi) is 6.02. The Morgan fingerprint density at radius 2 is 2.00 bits per heavy atom. The van der Waals surface area contributed by atoms with Gasteiger partial charge in [-0.15, -0.1) is 0 Å². The molecule has 1 heterocycles. The predicted octanol–water partition coefficient (Wildman–Crippen LogP) is 1.88. The van der Waals surface area contributed by atoms with Crippen LogP contribution in [-0.2, 0) is 9.59 Å². The minimum Gasteiger partial charge on any atom is -0.343 e. The van der Waals surface area contributed by atoms with Gasteiger partial charge in [0.1, 0.15) is 0 Å². The second-order valence-corrected chi connectivity index (χ2v) is 5.51. The molecule has 0 radical (unpaired) electrons. The summed E-state index contributed by atoms with van der Waals surface area (Å²) in [6.07, 6.45) is 2.63.